The van der Waals surface area contributed by atoms with Crippen LogP contribution in [-0.4, -0.2) is 0 Å². The van der Waals surface area contributed by atoms with Gasteiger partial charge >= 0.3 is 6.18 Å². The topological polar surface area (TPSA) is 0 Å². The zero-order chi connectivity index (χ0) is 21.3. The molecule has 0 heterocycles. The Balaban J connectivity index is 1.44. The molecule has 0 radical (unpaired) electrons. The molecule has 0 bridgehead atoms. The molecule has 2 fully saturated rings. The molecule has 2 aromatic carbocycles. The van der Waals surface area contributed by atoms with Gasteiger partial charge in [0.2, 0.25) is 0 Å². The van der Waals surface area contributed by atoms with E-state index >= 15 is 0 Å². The standard InChI is InChI=1S/C26H32F4/c1-2-3-4-5-17-6-7-19-15-20(9-8-18(19)14-17)21-10-12-23-22(16-21)11-13-24(25(23)27)26(28,29)30/h10-13,16-20H,2-9,14-15H2,1H3. The van der Waals surface area contributed by atoms with Crippen LogP contribution in [0.2, 0.25) is 0 Å². The first kappa shape index (κ1) is 21.6. The smallest absolute Gasteiger partial charge is 0.206 e. The van der Waals surface area contributed by atoms with Gasteiger partial charge in [-0.05, 0) is 72.8 Å². The van der Waals surface area contributed by atoms with Crippen molar-refractivity contribution in [1.29, 1.82) is 0 Å². The van der Waals surface area contributed by atoms with Crippen LogP contribution in [0.3, 0.4) is 0 Å². The molecule has 4 heteroatoms. The second kappa shape index (κ2) is 8.88. The minimum absolute atomic E-state index is 0.0647. The maximum atomic E-state index is 14.4. The molecule has 4 atom stereocenters. The van der Waals surface area contributed by atoms with E-state index < -0.39 is 17.6 Å². The average molecular weight is 421 g/mol. The zero-order valence-electron chi connectivity index (χ0n) is 17.8. The van der Waals surface area contributed by atoms with E-state index in [1.165, 1.54) is 63.9 Å². The number of rotatable bonds is 5. The summed E-state index contributed by atoms with van der Waals surface area (Å²) in [6.07, 6.45) is 8.32. The highest BCUT2D eigenvalue weighted by Gasteiger charge is 2.37. The predicted molar refractivity (Wildman–Crippen MR) is 114 cm³/mol. The van der Waals surface area contributed by atoms with Gasteiger partial charge in [0.1, 0.15) is 5.82 Å². The fourth-order valence-corrected chi connectivity index (χ4v) is 6.02. The van der Waals surface area contributed by atoms with Gasteiger partial charge < -0.3 is 0 Å². The van der Waals surface area contributed by atoms with E-state index in [9.17, 15) is 17.6 Å². The molecule has 0 N–H and O–H groups in total. The number of fused-ring (bicyclic) bond motifs is 2. The summed E-state index contributed by atoms with van der Waals surface area (Å²) in [6, 6.07) is 7.61. The van der Waals surface area contributed by atoms with E-state index in [0.29, 0.717) is 11.3 Å². The third-order valence-corrected chi connectivity index (χ3v) is 7.69. The predicted octanol–water partition coefficient (Wildman–Crippen LogP) is 8.88. The molecule has 30 heavy (non-hydrogen) atoms. The summed E-state index contributed by atoms with van der Waals surface area (Å²) >= 11 is 0. The summed E-state index contributed by atoms with van der Waals surface area (Å²) in [5, 5.41) is 0.634. The first-order valence-electron chi connectivity index (χ1n) is 11.7. The number of hydrogen-bond donors (Lipinski definition) is 0. The van der Waals surface area contributed by atoms with Crippen LogP contribution in [-0.2, 0) is 6.18 Å². The summed E-state index contributed by atoms with van der Waals surface area (Å²) in [5.74, 6) is 1.80. The van der Waals surface area contributed by atoms with Gasteiger partial charge in [-0.2, -0.15) is 13.2 Å². The third-order valence-electron chi connectivity index (χ3n) is 7.69. The van der Waals surface area contributed by atoms with Crippen LogP contribution in [0.15, 0.2) is 30.3 Å². The molecule has 164 valence electrons. The normalized spacial score (nSPS) is 27.2. The molecule has 4 unspecified atom stereocenters. The average Bonchev–Trinajstić information content (AvgIpc) is 2.72. The van der Waals surface area contributed by atoms with Crippen molar-refractivity contribution < 1.29 is 17.6 Å². The van der Waals surface area contributed by atoms with Gasteiger partial charge in [0, 0.05) is 5.39 Å². The Morgan fingerprint density at radius 1 is 0.900 bits per heavy atom. The number of unbranched alkanes of at least 4 members (excludes halogenated alkanes) is 2. The van der Waals surface area contributed by atoms with Crippen molar-refractivity contribution in [3.8, 4) is 0 Å². The molecule has 0 aliphatic heterocycles. The van der Waals surface area contributed by atoms with Crippen LogP contribution < -0.4 is 0 Å². The fraction of sp³-hybridized carbons (Fsp3) is 0.615. The Kier molecular flexibility index (Phi) is 6.41. The zero-order valence-corrected chi connectivity index (χ0v) is 17.8. The van der Waals surface area contributed by atoms with E-state index in [4.69, 9.17) is 0 Å². The van der Waals surface area contributed by atoms with Crippen molar-refractivity contribution in [2.75, 3.05) is 0 Å². The van der Waals surface area contributed by atoms with Gasteiger partial charge in [-0.1, -0.05) is 63.3 Å². The lowest BCUT2D eigenvalue weighted by Crippen LogP contribution is -2.30. The lowest BCUT2D eigenvalue weighted by molar-refractivity contribution is -0.139. The number of hydrogen-bond acceptors (Lipinski definition) is 0. The van der Waals surface area contributed by atoms with Gasteiger partial charge in [-0.15, -0.1) is 0 Å². The maximum Gasteiger partial charge on any atom is 0.419 e. The second-order valence-electron chi connectivity index (χ2n) is 9.61. The minimum Gasteiger partial charge on any atom is -0.206 e. The molecule has 0 amide bonds. The van der Waals surface area contributed by atoms with Gasteiger partial charge in [-0.3, -0.25) is 0 Å². The molecule has 0 saturated heterocycles. The molecular weight excluding hydrogens is 388 g/mol. The number of benzene rings is 2. The largest absolute Gasteiger partial charge is 0.419 e. The minimum atomic E-state index is -4.66. The second-order valence-corrected chi connectivity index (χ2v) is 9.61. The van der Waals surface area contributed by atoms with E-state index in [2.05, 4.69) is 6.92 Å². The monoisotopic (exact) mass is 420 g/mol. The first-order chi connectivity index (χ1) is 14.4. The van der Waals surface area contributed by atoms with Crippen LogP contribution in [0.5, 0.6) is 0 Å². The van der Waals surface area contributed by atoms with E-state index in [0.717, 1.165) is 35.8 Å². The molecule has 4 rings (SSSR count). The lowest BCUT2D eigenvalue weighted by atomic mass is 9.63. The van der Waals surface area contributed by atoms with Crippen LogP contribution in [0.25, 0.3) is 10.8 Å². The van der Waals surface area contributed by atoms with E-state index in [1.807, 2.05) is 12.1 Å². The van der Waals surface area contributed by atoms with Crippen molar-refractivity contribution in [1.82, 2.24) is 0 Å². The van der Waals surface area contributed by atoms with Gasteiger partial charge in [0.25, 0.3) is 0 Å². The van der Waals surface area contributed by atoms with Crippen LogP contribution >= 0.6 is 0 Å². The number of alkyl halides is 3. The Hall–Kier alpha value is -1.58. The Morgan fingerprint density at radius 3 is 2.43 bits per heavy atom. The molecular formula is C26H32F4. The molecule has 2 aliphatic rings. The van der Waals surface area contributed by atoms with Crippen molar-refractivity contribution in [2.45, 2.75) is 83.2 Å². The molecule has 0 spiro atoms. The highest BCUT2D eigenvalue weighted by atomic mass is 19.4. The highest BCUT2D eigenvalue weighted by molar-refractivity contribution is 5.84. The SMILES string of the molecule is CCCCCC1CCC2CC(c3ccc4c(F)c(C(F)(F)F)ccc4c3)CCC2C1. The Labute approximate surface area is 177 Å². The van der Waals surface area contributed by atoms with Crippen LogP contribution in [0.1, 0.15) is 88.2 Å². The molecule has 2 saturated carbocycles. The molecule has 0 aromatic heterocycles. The van der Waals surface area contributed by atoms with Crippen molar-refractivity contribution in [3.05, 3.63) is 47.3 Å². The van der Waals surface area contributed by atoms with Crippen molar-refractivity contribution in [3.63, 3.8) is 0 Å². The first-order valence-corrected chi connectivity index (χ1v) is 11.7. The highest BCUT2D eigenvalue weighted by Crippen LogP contribution is 2.48. The van der Waals surface area contributed by atoms with E-state index in [-0.39, 0.29) is 5.39 Å². The summed E-state index contributed by atoms with van der Waals surface area (Å²) in [6.45, 7) is 2.26. The summed E-state index contributed by atoms with van der Waals surface area (Å²) < 4.78 is 53.3. The molecule has 2 aliphatic carbocycles. The summed E-state index contributed by atoms with van der Waals surface area (Å²) in [5.41, 5.74) is -0.0240. The maximum absolute atomic E-state index is 14.4. The van der Waals surface area contributed by atoms with Gasteiger partial charge in [0.05, 0.1) is 5.56 Å². The Morgan fingerprint density at radius 2 is 1.67 bits per heavy atom. The van der Waals surface area contributed by atoms with Crippen molar-refractivity contribution >= 4 is 10.8 Å². The summed E-state index contributed by atoms with van der Waals surface area (Å²) in [4.78, 5) is 0. The summed E-state index contributed by atoms with van der Waals surface area (Å²) in [7, 11) is 0. The van der Waals surface area contributed by atoms with Crippen LogP contribution in [0, 0.1) is 23.6 Å². The molecule has 0 nitrogen and oxygen atoms in total. The molecule has 2 aromatic rings. The van der Waals surface area contributed by atoms with Crippen LogP contribution in [0.4, 0.5) is 17.6 Å². The Bertz CT molecular complexity index is 869. The van der Waals surface area contributed by atoms with Crippen molar-refractivity contribution in [2.24, 2.45) is 17.8 Å². The fourth-order valence-electron chi connectivity index (χ4n) is 6.02. The van der Waals surface area contributed by atoms with E-state index in [1.54, 1.807) is 6.07 Å². The van der Waals surface area contributed by atoms with Gasteiger partial charge in [0.15, 0.2) is 0 Å². The van der Waals surface area contributed by atoms with Gasteiger partial charge in [-0.25, -0.2) is 4.39 Å². The third kappa shape index (κ3) is 4.53. The lowest BCUT2D eigenvalue weighted by Gasteiger charge is -2.42. The number of halogens is 4. The quantitative estimate of drug-likeness (QED) is 0.335.